The number of aromatic nitrogens is 2. The molecule has 1 saturated heterocycles. The average molecular weight is 322 g/mol. The largest absolute Gasteiger partial charge is 0.394 e. The molecule has 2 heterocycles. The molecule has 0 saturated carbocycles. The number of aliphatic hydroxyl groups is 1. The lowest BCUT2D eigenvalue weighted by Gasteiger charge is -2.23. The highest BCUT2D eigenvalue weighted by molar-refractivity contribution is 9.10. The Morgan fingerprint density at radius 2 is 2.44 bits per heavy atom. The Morgan fingerprint density at radius 1 is 1.78 bits per heavy atom. The smallest absolute Gasteiger partial charge is 0.351 e. The Labute approximate surface area is 111 Å². The van der Waals surface area contributed by atoms with E-state index in [4.69, 9.17) is 15.6 Å². The standard InChI is InChI=1S/C10H13BrFN3O3/c1-5-6(4-16)18-8(10(5,11)12)15-3-2-7(13)14-9(15)17/h2-3,5-6,8,16H,4H2,1H3,(H2,13,14,17)/t5-,6+,8+,10?/m0/s1. The quantitative estimate of drug-likeness (QED) is 0.770. The zero-order valence-corrected chi connectivity index (χ0v) is 11.2. The molecule has 6 nitrogen and oxygen atoms in total. The third-order valence-electron chi connectivity index (χ3n) is 3.08. The third kappa shape index (κ3) is 2.04. The first-order valence-electron chi connectivity index (χ1n) is 5.36. The molecule has 0 aliphatic carbocycles. The topological polar surface area (TPSA) is 90.4 Å². The predicted molar refractivity (Wildman–Crippen MR) is 65.8 cm³/mol. The van der Waals surface area contributed by atoms with Crippen LogP contribution in [0, 0.1) is 5.92 Å². The Balaban J connectivity index is 2.42. The van der Waals surface area contributed by atoms with Crippen molar-refractivity contribution in [2.45, 2.75) is 23.8 Å². The monoisotopic (exact) mass is 321 g/mol. The van der Waals surface area contributed by atoms with E-state index in [1.54, 1.807) is 6.92 Å². The molecule has 4 atom stereocenters. The molecule has 1 aromatic heterocycles. The number of nitrogens with zero attached hydrogens (tertiary/aromatic N) is 2. The van der Waals surface area contributed by atoms with E-state index < -0.39 is 28.5 Å². The number of hydrogen-bond acceptors (Lipinski definition) is 5. The van der Waals surface area contributed by atoms with Crippen LogP contribution >= 0.6 is 15.9 Å². The maximum atomic E-state index is 14.5. The van der Waals surface area contributed by atoms with Gasteiger partial charge in [-0.15, -0.1) is 0 Å². The van der Waals surface area contributed by atoms with Crippen LogP contribution in [0.25, 0.3) is 0 Å². The molecule has 100 valence electrons. The van der Waals surface area contributed by atoms with E-state index in [0.717, 1.165) is 4.57 Å². The number of alkyl halides is 2. The Hall–Kier alpha value is -0.990. The minimum absolute atomic E-state index is 0.0556. The van der Waals surface area contributed by atoms with Gasteiger partial charge in [-0.2, -0.15) is 4.98 Å². The number of nitrogen functional groups attached to an aromatic ring is 1. The van der Waals surface area contributed by atoms with Crippen LogP contribution in [-0.4, -0.2) is 31.9 Å². The fraction of sp³-hybridized carbons (Fsp3) is 0.600. The van der Waals surface area contributed by atoms with Crippen molar-refractivity contribution in [1.29, 1.82) is 0 Å². The number of hydrogen-bond donors (Lipinski definition) is 2. The first kappa shape index (κ1) is 13.4. The molecule has 2 rings (SSSR count). The number of aliphatic hydroxyl groups excluding tert-OH is 1. The molecule has 3 N–H and O–H groups in total. The second-order valence-electron chi connectivity index (χ2n) is 4.21. The SMILES string of the molecule is C[C@H]1[C@@H](CO)O[C@@H](n2ccc(N)nc2=O)C1(F)Br. The van der Waals surface area contributed by atoms with E-state index in [-0.39, 0.29) is 12.4 Å². The Kier molecular flexibility index (Phi) is 3.43. The van der Waals surface area contributed by atoms with Gasteiger partial charge in [0, 0.05) is 12.1 Å². The molecule has 0 amide bonds. The van der Waals surface area contributed by atoms with Crippen LogP contribution in [0.15, 0.2) is 17.1 Å². The summed E-state index contributed by atoms with van der Waals surface area (Å²) in [6, 6.07) is 1.38. The number of anilines is 1. The lowest BCUT2D eigenvalue weighted by Crippen LogP contribution is -2.36. The third-order valence-corrected chi connectivity index (χ3v) is 4.20. The number of nitrogens with two attached hydrogens (primary N) is 1. The lowest BCUT2D eigenvalue weighted by atomic mass is 10.0. The highest BCUT2D eigenvalue weighted by Gasteiger charge is 2.55. The van der Waals surface area contributed by atoms with Crippen molar-refractivity contribution in [2.24, 2.45) is 5.92 Å². The Morgan fingerprint density at radius 3 is 2.94 bits per heavy atom. The minimum atomic E-state index is -1.96. The molecule has 0 aromatic carbocycles. The highest BCUT2D eigenvalue weighted by atomic mass is 79.9. The van der Waals surface area contributed by atoms with Gasteiger partial charge in [-0.3, -0.25) is 4.57 Å². The zero-order valence-electron chi connectivity index (χ0n) is 9.59. The summed E-state index contributed by atoms with van der Waals surface area (Å²) < 4.78 is 18.9. The Bertz CT molecular complexity index is 507. The van der Waals surface area contributed by atoms with Gasteiger partial charge in [-0.05, 0) is 22.0 Å². The van der Waals surface area contributed by atoms with E-state index in [2.05, 4.69) is 20.9 Å². The van der Waals surface area contributed by atoms with Crippen molar-refractivity contribution in [3.05, 3.63) is 22.7 Å². The molecule has 1 unspecified atom stereocenters. The summed E-state index contributed by atoms with van der Waals surface area (Å²) in [5.41, 5.74) is 4.66. The molecular weight excluding hydrogens is 309 g/mol. The lowest BCUT2D eigenvalue weighted by molar-refractivity contribution is -0.0454. The van der Waals surface area contributed by atoms with Gasteiger partial charge >= 0.3 is 5.69 Å². The summed E-state index contributed by atoms with van der Waals surface area (Å²) in [4.78, 5) is 15.2. The molecule has 1 fully saturated rings. The van der Waals surface area contributed by atoms with Crippen LogP contribution in [0.1, 0.15) is 13.2 Å². The first-order valence-corrected chi connectivity index (χ1v) is 6.16. The summed E-state index contributed by atoms with van der Waals surface area (Å²) >= 11 is 2.92. The first-order chi connectivity index (χ1) is 8.37. The molecule has 18 heavy (non-hydrogen) atoms. The average Bonchev–Trinajstić information content (AvgIpc) is 2.52. The van der Waals surface area contributed by atoms with E-state index in [9.17, 15) is 9.18 Å². The normalized spacial score (nSPS) is 35.9. The molecule has 1 aliphatic heterocycles. The maximum absolute atomic E-state index is 14.5. The van der Waals surface area contributed by atoms with Crippen molar-refractivity contribution in [3.8, 4) is 0 Å². The van der Waals surface area contributed by atoms with Gasteiger partial charge in [-0.1, -0.05) is 6.92 Å². The second kappa shape index (κ2) is 4.60. The van der Waals surface area contributed by atoms with Gasteiger partial charge < -0.3 is 15.6 Å². The molecule has 8 heteroatoms. The van der Waals surface area contributed by atoms with Gasteiger partial charge in [0.2, 0.25) is 4.58 Å². The van der Waals surface area contributed by atoms with Crippen molar-refractivity contribution < 1.29 is 14.2 Å². The number of ether oxygens (including phenoxy) is 1. The van der Waals surface area contributed by atoms with Gasteiger partial charge in [0.05, 0.1) is 12.7 Å². The summed E-state index contributed by atoms with van der Waals surface area (Å²) in [5, 5.41) is 9.11. The van der Waals surface area contributed by atoms with E-state index in [1.807, 2.05) is 0 Å². The number of halogens is 2. The minimum Gasteiger partial charge on any atom is -0.394 e. The van der Waals surface area contributed by atoms with Crippen LogP contribution in [0.2, 0.25) is 0 Å². The van der Waals surface area contributed by atoms with Gasteiger partial charge in [0.25, 0.3) is 0 Å². The predicted octanol–water partition coefficient (Wildman–Crippen LogP) is 0.412. The van der Waals surface area contributed by atoms with E-state index >= 15 is 0 Å². The van der Waals surface area contributed by atoms with Gasteiger partial charge in [0.15, 0.2) is 6.23 Å². The van der Waals surface area contributed by atoms with E-state index in [0.29, 0.717) is 0 Å². The molecule has 0 spiro atoms. The molecule has 0 radical (unpaired) electrons. The molecule has 1 aliphatic rings. The highest BCUT2D eigenvalue weighted by Crippen LogP contribution is 2.49. The van der Waals surface area contributed by atoms with Crippen LogP contribution in [0.3, 0.4) is 0 Å². The molecule has 0 bridgehead atoms. The number of rotatable bonds is 2. The zero-order chi connectivity index (χ0) is 13.5. The van der Waals surface area contributed by atoms with E-state index in [1.165, 1.54) is 12.3 Å². The van der Waals surface area contributed by atoms with Crippen molar-refractivity contribution in [2.75, 3.05) is 12.3 Å². The summed E-state index contributed by atoms with van der Waals surface area (Å²) in [7, 11) is 0. The fourth-order valence-electron chi connectivity index (χ4n) is 1.90. The fourth-order valence-corrected chi connectivity index (χ4v) is 2.53. The van der Waals surface area contributed by atoms with Crippen molar-refractivity contribution >= 4 is 21.7 Å². The summed E-state index contributed by atoms with van der Waals surface area (Å²) in [5.74, 6) is -0.558. The molecule has 1 aromatic rings. The van der Waals surface area contributed by atoms with Gasteiger partial charge in [0.1, 0.15) is 5.82 Å². The second-order valence-corrected chi connectivity index (χ2v) is 5.43. The van der Waals surface area contributed by atoms with Crippen molar-refractivity contribution in [3.63, 3.8) is 0 Å². The van der Waals surface area contributed by atoms with Crippen LogP contribution in [0.4, 0.5) is 10.2 Å². The van der Waals surface area contributed by atoms with Gasteiger partial charge in [-0.25, -0.2) is 9.18 Å². The van der Waals surface area contributed by atoms with Crippen LogP contribution in [0.5, 0.6) is 0 Å². The van der Waals surface area contributed by atoms with Crippen LogP contribution < -0.4 is 11.4 Å². The summed E-state index contributed by atoms with van der Waals surface area (Å²) in [6.07, 6.45) is -0.564. The molecular formula is C10H13BrFN3O3. The van der Waals surface area contributed by atoms with Crippen LogP contribution in [-0.2, 0) is 4.74 Å². The van der Waals surface area contributed by atoms with Crippen molar-refractivity contribution in [1.82, 2.24) is 9.55 Å². The maximum Gasteiger partial charge on any atom is 0.351 e. The summed E-state index contributed by atoms with van der Waals surface area (Å²) in [6.45, 7) is 1.26.